The number of nitriles is 1. The number of rotatable bonds is 3. The third-order valence-corrected chi connectivity index (χ3v) is 2.67. The molecule has 4 nitrogen and oxygen atoms in total. The van der Waals surface area contributed by atoms with Gasteiger partial charge in [0, 0.05) is 18.0 Å². The van der Waals surface area contributed by atoms with E-state index in [-0.39, 0.29) is 12.2 Å². The van der Waals surface area contributed by atoms with Gasteiger partial charge in [-0.15, -0.1) is 0 Å². The quantitative estimate of drug-likeness (QED) is 0.804. The Bertz CT molecular complexity index is 693. The van der Waals surface area contributed by atoms with Gasteiger partial charge in [-0.05, 0) is 30.7 Å². The van der Waals surface area contributed by atoms with Crippen LogP contribution in [0.3, 0.4) is 0 Å². The van der Waals surface area contributed by atoms with Crippen LogP contribution < -0.4 is 0 Å². The van der Waals surface area contributed by atoms with Gasteiger partial charge in [0.05, 0.1) is 17.7 Å². The van der Waals surface area contributed by atoms with Crippen molar-refractivity contribution in [3.8, 4) is 17.2 Å². The first-order valence-corrected chi connectivity index (χ1v) is 5.98. The molecule has 1 heterocycles. The Morgan fingerprint density at radius 2 is 2.15 bits per heavy atom. The van der Waals surface area contributed by atoms with Crippen LogP contribution in [-0.2, 0) is 4.74 Å². The molecule has 100 valence electrons. The summed E-state index contributed by atoms with van der Waals surface area (Å²) in [7, 11) is 0. The molecule has 0 aliphatic carbocycles. The monoisotopic (exact) mass is 270 g/mol. The molecule has 1 aromatic heterocycles. The molecule has 1 aromatic carbocycles. The number of aromatic nitrogens is 1. The number of hydrogen-bond acceptors (Lipinski definition) is 4. The van der Waals surface area contributed by atoms with Gasteiger partial charge in [-0.2, -0.15) is 5.26 Å². The lowest BCUT2D eigenvalue weighted by atomic mass is 10.0. The van der Waals surface area contributed by atoms with Crippen LogP contribution in [0.15, 0.2) is 36.7 Å². The van der Waals surface area contributed by atoms with Crippen molar-refractivity contribution in [2.45, 2.75) is 6.92 Å². The number of pyridine rings is 1. The number of esters is 1. The largest absolute Gasteiger partial charge is 0.462 e. The van der Waals surface area contributed by atoms with Crippen molar-refractivity contribution in [3.63, 3.8) is 0 Å². The predicted molar refractivity (Wildman–Crippen MR) is 70.3 cm³/mol. The van der Waals surface area contributed by atoms with E-state index < -0.39 is 11.8 Å². The van der Waals surface area contributed by atoms with Crippen LogP contribution in [-0.4, -0.2) is 17.6 Å². The van der Waals surface area contributed by atoms with Gasteiger partial charge in [0.1, 0.15) is 11.9 Å². The number of carbonyl (C=O) groups excluding carboxylic acids is 1. The summed E-state index contributed by atoms with van der Waals surface area (Å²) < 4.78 is 18.5. The summed E-state index contributed by atoms with van der Waals surface area (Å²) >= 11 is 0. The van der Waals surface area contributed by atoms with Crippen LogP contribution in [0.1, 0.15) is 22.8 Å². The Kier molecular flexibility index (Phi) is 4.06. The highest BCUT2D eigenvalue weighted by atomic mass is 19.1. The summed E-state index contributed by atoms with van der Waals surface area (Å²) in [4.78, 5) is 15.6. The lowest BCUT2D eigenvalue weighted by molar-refractivity contribution is 0.0526. The van der Waals surface area contributed by atoms with Gasteiger partial charge >= 0.3 is 5.97 Å². The first-order chi connectivity index (χ1) is 9.65. The Labute approximate surface area is 115 Å². The zero-order valence-corrected chi connectivity index (χ0v) is 10.8. The fraction of sp³-hybridized carbons (Fsp3) is 0.133. The minimum atomic E-state index is -0.605. The van der Waals surface area contributed by atoms with E-state index in [1.54, 1.807) is 25.1 Å². The average molecular weight is 270 g/mol. The molecule has 0 fully saturated rings. The van der Waals surface area contributed by atoms with E-state index in [2.05, 4.69) is 4.98 Å². The van der Waals surface area contributed by atoms with Crippen molar-refractivity contribution < 1.29 is 13.9 Å². The smallest absolute Gasteiger partial charge is 0.339 e. The Balaban J connectivity index is 2.39. The van der Waals surface area contributed by atoms with E-state index in [1.807, 2.05) is 0 Å². The molecular weight excluding hydrogens is 259 g/mol. The number of halogens is 1. The summed E-state index contributed by atoms with van der Waals surface area (Å²) in [5.74, 6) is -1.08. The fourth-order valence-corrected chi connectivity index (χ4v) is 1.71. The van der Waals surface area contributed by atoms with Crippen LogP contribution in [0.2, 0.25) is 0 Å². The maximum Gasteiger partial charge on any atom is 0.339 e. The summed E-state index contributed by atoms with van der Waals surface area (Å²) in [6.45, 7) is 1.99. The van der Waals surface area contributed by atoms with Crippen LogP contribution in [0.25, 0.3) is 11.1 Å². The molecule has 0 saturated carbocycles. The molecule has 0 N–H and O–H groups in total. The predicted octanol–water partition coefficient (Wildman–Crippen LogP) is 2.94. The van der Waals surface area contributed by atoms with Crippen LogP contribution in [0.5, 0.6) is 0 Å². The van der Waals surface area contributed by atoms with E-state index >= 15 is 0 Å². The molecule has 2 rings (SSSR count). The van der Waals surface area contributed by atoms with Gasteiger partial charge in [0.2, 0.25) is 0 Å². The Hall–Kier alpha value is -2.74. The van der Waals surface area contributed by atoms with Gasteiger partial charge in [-0.1, -0.05) is 6.07 Å². The second-order valence-electron chi connectivity index (χ2n) is 3.99. The van der Waals surface area contributed by atoms with Gasteiger partial charge in [-0.3, -0.25) is 4.98 Å². The van der Waals surface area contributed by atoms with Crippen molar-refractivity contribution in [2.24, 2.45) is 0 Å². The van der Waals surface area contributed by atoms with Crippen LogP contribution >= 0.6 is 0 Å². The molecule has 0 aliphatic rings. The van der Waals surface area contributed by atoms with Crippen molar-refractivity contribution in [3.05, 3.63) is 53.6 Å². The molecule has 2 aromatic rings. The molecule has 0 unspecified atom stereocenters. The molecule has 0 amide bonds. The van der Waals surface area contributed by atoms with Crippen LogP contribution in [0.4, 0.5) is 4.39 Å². The number of carbonyl (C=O) groups is 1. The lowest BCUT2D eigenvalue weighted by Gasteiger charge is -2.05. The van der Waals surface area contributed by atoms with E-state index in [0.29, 0.717) is 16.7 Å². The van der Waals surface area contributed by atoms with E-state index in [9.17, 15) is 9.18 Å². The minimum absolute atomic E-state index is 0.0248. The Morgan fingerprint density at radius 1 is 1.35 bits per heavy atom. The van der Waals surface area contributed by atoms with Crippen LogP contribution in [0, 0.1) is 17.1 Å². The normalized spacial score (nSPS) is 9.85. The molecule has 0 bridgehead atoms. The summed E-state index contributed by atoms with van der Waals surface area (Å²) in [5, 5.41) is 8.69. The summed E-state index contributed by atoms with van der Waals surface area (Å²) in [6, 6.07) is 7.57. The maximum atomic E-state index is 13.6. The highest BCUT2D eigenvalue weighted by Gasteiger charge is 2.10. The molecule has 0 radical (unpaired) electrons. The van der Waals surface area contributed by atoms with E-state index in [4.69, 9.17) is 10.00 Å². The van der Waals surface area contributed by atoms with Gasteiger partial charge in [0.15, 0.2) is 0 Å². The van der Waals surface area contributed by atoms with E-state index in [0.717, 1.165) is 0 Å². The molecule has 0 aliphatic heterocycles. The fourth-order valence-electron chi connectivity index (χ4n) is 1.71. The lowest BCUT2D eigenvalue weighted by Crippen LogP contribution is -2.05. The molecule has 0 atom stereocenters. The summed E-state index contributed by atoms with van der Waals surface area (Å²) in [6.07, 6.45) is 2.91. The number of hydrogen-bond donors (Lipinski definition) is 0. The first-order valence-electron chi connectivity index (χ1n) is 5.98. The SMILES string of the molecule is CCOC(=O)c1cncc(-c2ccc(C#N)c(F)c2)c1. The topological polar surface area (TPSA) is 63.0 Å². The van der Waals surface area contributed by atoms with Gasteiger partial charge in [-0.25, -0.2) is 9.18 Å². The molecule has 0 saturated heterocycles. The van der Waals surface area contributed by atoms with Crippen molar-refractivity contribution in [1.82, 2.24) is 4.98 Å². The third kappa shape index (κ3) is 2.81. The van der Waals surface area contributed by atoms with E-state index in [1.165, 1.54) is 24.5 Å². The van der Waals surface area contributed by atoms with Crippen molar-refractivity contribution >= 4 is 5.97 Å². The molecule has 0 spiro atoms. The average Bonchev–Trinajstić information content (AvgIpc) is 2.47. The third-order valence-electron chi connectivity index (χ3n) is 2.67. The van der Waals surface area contributed by atoms with Gasteiger partial charge in [0.25, 0.3) is 0 Å². The minimum Gasteiger partial charge on any atom is -0.462 e. The molecule has 5 heteroatoms. The van der Waals surface area contributed by atoms with Crippen molar-refractivity contribution in [1.29, 1.82) is 5.26 Å². The zero-order valence-electron chi connectivity index (χ0n) is 10.8. The standard InChI is InChI=1S/C15H11FN2O2/c1-2-20-15(19)13-5-12(8-18-9-13)10-3-4-11(7-17)14(16)6-10/h3-6,8-9H,2H2,1H3. The Morgan fingerprint density at radius 3 is 2.80 bits per heavy atom. The maximum absolute atomic E-state index is 13.6. The second kappa shape index (κ2) is 5.93. The number of ether oxygens (including phenoxy) is 1. The summed E-state index contributed by atoms with van der Waals surface area (Å²) in [5.41, 5.74) is 1.40. The second-order valence-corrected chi connectivity index (χ2v) is 3.99. The highest BCUT2D eigenvalue weighted by Crippen LogP contribution is 2.22. The number of benzene rings is 1. The first kappa shape index (κ1) is 13.7. The molecular formula is C15H11FN2O2. The van der Waals surface area contributed by atoms with Gasteiger partial charge < -0.3 is 4.74 Å². The highest BCUT2D eigenvalue weighted by molar-refractivity contribution is 5.90. The molecule has 20 heavy (non-hydrogen) atoms. The zero-order chi connectivity index (χ0) is 14.5. The van der Waals surface area contributed by atoms with Crippen molar-refractivity contribution in [2.75, 3.05) is 6.61 Å². The number of nitrogens with zero attached hydrogens (tertiary/aromatic N) is 2.